The summed E-state index contributed by atoms with van der Waals surface area (Å²) in [5.41, 5.74) is 5.29. The molecule has 0 spiro atoms. The average molecular weight is 448 g/mol. The summed E-state index contributed by atoms with van der Waals surface area (Å²) in [7, 11) is 1.66. The molecule has 1 aliphatic rings. The molecule has 0 saturated carbocycles. The van der Waals surface area contributed by atoms with Crippen molar-refractivity contribution < 1.29 is 24.2 Å². The van der Waals surface area contributed by atoms with Crippen LogP contribution in [-0.2, 0) is 23.1 Å². The van der Waals surface area contributed by atoms with E-state index in [1.54, 1.807) is 7.05 Å². The first-order chi connectivity index (χ1) is 16.0. The maximum absolute atomic E-state index is 12.4. The number of hydrogen-bond acceptors (Lipinski definition) is 5. The molecule has 0 atom stereocenters. The summed E-state index contributed by atoms with van der Waals surface area (Å²) in [6.07, 6.45) is 0.597. The fourth-order valence-corrected chi connectivity index (χ4v) is 4.05. The summed E-state index contributed by atoms with van der Waals surface area (Å²) >= 11 is 0. The molecule has 1 aliphatic carbocycles. The Morgan fingerprint density at radius 2 is 1.67 bits per heavy atom. The number of rotatable bonds is 8. The van der Waals surface area contributed by atoms with E-state index in [0.29, 0.717) is 5.69 Å². The zero-order valence-electron chi connectivity index (χ0n) is 18.1. The number of fused-ring (bicyclic) bond motifs is 3. The summed E-state index contributed by atoms with van der Waals surface area (Å²) in [6.45, 7) is 0.227. The van der Waals surface area contributed by atoms with Crippen LogP contribution in [0, 0.1) is 0 Å². The third-order valence-electron chi connectivity index (χ3n) is 5.67. The van der Waals surface area contributed by atoms with Crippen molar-refractivity contribution in [3.05, 3.63) is 77.1 Å². The third kappa shape index (κ3) is 4.72. The Kier molecular flexibility index (Phi) is 6.39. The van der Waals surface area contributed by atoms with Crippen LogP contribution in [0.1, 0.15) is 39.5 Å². The number of aliphatic carboxylic acids is 1. The number of carboxylic acids is 1. The molecule has 170 valence electrons. The Morgan fingerprint density at radius 1 is 1.03 bits per heavy atom. The molecule has 0 radical (unpaired) electrons. The summed E-state index contributed by atoms with van der Waals surface area (Å²) in [6, 6.07) is 16.2. The van der Waals surface area contributed by atoms with Gasteiger partial charge < -0.3 is 20.5 Å². The van der Waals surface area contributed by atoms with Gasteiger partial charge in [0.05, 0.1) is 30.4 Å². The minimum atomic E-state index is -1.00. The first-order valence-electron chi connectivity index (χ1n) is 10.6. The van der Waals surface area contributed by atoms with E-state index in [4.69, 9.17) is 9.84 Å². The topological polar surface area (TPSA) is 123 Å². The molecule has 2 amide bonds. The van der Waals surface area contributed by atoms with Crippen LogP contribution in [0.5, 0.6) is 0 Å². The van der Waals surface area contributed by atoms with Crippen LogP contribution in [0.2, 0.25) is 0 Å². The fourth-order valence-electron chi connectivity index (χ4n) is 4.05. The summed E-state index contributed by atoms with van der Waals surface area (Å²) < 4.78 is 7.01. The number of amides is 2. The van der Waals surface area contributed by atoms with Gasteiger partial charge >= 0.3 is 12.1 Å². The molecule has 0 fully saturated rings. The van der Waals surface area contributed by atoms with Gasteiger partial charge in [0.25, 0.3) is 5.91 Å². The predicted molar refractivity (Wildman–Crippen MR) is 120 cm³/mol. The number of benzene rings is 2. The second-order valence-electron chi connectivity index (χ2n) is 7.71. The minimum Gasteiger partial charge on any atom is -0.481 e. The number of ether oxygens (including phenoxy) is 1. The van der Waals surface area contributed by atoms with Crippen LogP contribution in [0.25, 0.3) is 11.1 Å². The standard InChI is InChI=1S/C24H24N4O5/c1-28-21(19(12-27-28)23(31)25-11-10-22(29)30)13-26-24(32)33-14-20-17-8-4-2-6-15(17)16-7-3-5-9-18(16)20/h2-9,12,20H,10-11,13-14H2,1H3,(H,25,31)(H,26,32)(H,29,30). The molecule has 3 N–H and O–H groups in total. The highest BCUT2D eigenvalue weighted by atomic mass is 16.5. The second kappa shape index (κ2) is 9.56. The molecule has 0 unspecified atom stereocenters. The molecule has 3 aromatic rings. The predicted octanol–water partition coefficient (Wildman–Crippen LogP) is 2.66. The van der Waals surface area contributed by atoms with Crippen molar-refractivity contribution >= 4 is 18.0 Å². The highest BCUT2D eigenvalue weighted by Gasteiger charge is 2.29. The van der Waals surface area contributed by atoms with Gasteiger partial charge in [0.1, 0.15) is 6.61 Å². The number of carbonyl (C=O) groups excluding carboxylic acids is 2. The molecule has 9 heteroatoms. The van der Waals surface area contributed by atoms with Gasteiger partial charge in [0, 0.05) is 19.5 Å². The SMILES string of the molecule is Cn1ncc(C(=O)NCCC(=O)O)c1CNC(=O)OCC1c2ccccc2-c2ccccc21. The monoisotopic (exact) mass is 448 g/mol. The quantitative estimate of drug-likeness (QED) is 0.487. The van der Waals surface area contributed by atoms with Gasteiger partial charge in [-0.2, -0.15) is 5.10 Å². The van der Waals surface area contributed by atoms with Crippen LogP contribution in [0.15, 0.2) is 54.7 Å². The van der Waals surface area contributed by atoms with Crippen molar-refractivity contribution in [3.8, 4) is 11.1 Å². The molecule has 2 aromatic carbocycles. The number of aromatic nitrogens is 2. The lowest BCUT2D eigenvalue weighted by Gasteiger charge is -2.15. The van der Waals surface area contributed by atoms with Crippen molar-refractivity contribution in [2.75, 3.05) is 13.2 Å². The van der Waals surface area contributed by atoms with E-state index in [0.717, 1.165) is 22.3 Å². The maximum atomic E-state index is 12.4. The van der Waals surface area contributed by atoms with E-state index in [1.165, 1.54) is 10.9 Å². The van der Waals surface area contributed by atoms with Crippen LogP contribution < -0.4 is 10.6 Å². The van der Waals surface area contributed by atoms with Crippen LogP contribution in [0.3, 0.4) is 0 Å². The molecule has 0 saturated heterocycles. The lowest BCUT2D eigenvalue weighted by Crippen LogP contribution is -2.30. The first-order valence-corrected chi connectivity index (χ1v) is 10.6. The van der Waals surface area contributed by atoms with E-state index in [2.05, 4.69) is 27.9 Å². The van der Waals surface area contributed by atoms with Crippen LogP contribution in [-0.4, -0.2) is 46.0 Å². The average Bonchev–Trinajstić information content (AvgIpc) is 3.33. The molecule has 0 bridgehead atoms. The van der Waals surface area contributed by atoms with Gasteiger partial charge in [-0.1, -0.05) is 48.5 Å². The molecule has 0 aliphatic heterocycles. The molecule has 33 heavy (non-hydrogen) atoms. The number of carbonyl (C=O) groups is 3. The minimum absolute atomic E-state index is 0.00229. The molecule has 1 heterocycles. The molecule has 4 rings (SSSR count). The lowest BCUT2D eigenvalue weighted by molar-refractivity contribution is -0.136. The number of aryl methyl sites for hydroxylation is 1. The summed E-state index contributed by atoms with van der Waals surface area (Å²) in [5, 5.41) is 18.0. The number of carboxylic acid groups (broad SMARTS) is 1. The summed E-state index contributed by atoms with van der Waals surface area (Å²) in [5.74, 6) is -1.50. The Hall–Kier alpha value is -4.14. The highest BCUT2D eigenvalue weighted by Crippen LogP contribution is 2.44. The lowest BCUT2D eigenvalue weighted by atomic mass is 9.98. The van der Waals surface area contributed by atoms with Gasteiger partial charge in [-0.3, -0.25) is 14.3 Å². The zero-order chi connectivity index (χ0) is 23.4. The van der Waals surface area contributed by atoms with Crippen LogP contribution in [0.4, 0.5) is 4.79 Å². The number of nitrogens with zero attached hydrogens (tertiary/aromatic N) is 2. The van der Waals surface area contributed by atoms with Gasteiger partial charge in [-0.25, -0.2) is 4.79 Å². The van der Waals surface area contributed by atoms with Gasteiger partial charge in [0.2, 0.25) is 0 Å². The largest absolute Gasteiger partial charge is 0.481 e. The van der Waals surface area contributed by atoms with E-state index in [1.807, 2.05) is 36.4 Å². The Bertz CT molecular complexity index is 1160. The normalized spacial score (nSPS) is 12.0. The number of nitrogens with one attached hydrogen (secondary N) is 2. The first kappa shape index (κ1) is 22.1. The van der Waals surface area contributed by atoms with Crippen molar-refractivity contribution in [3.63, 3.8) is 0 Å². The second-order valence-corrected chi connectivity index (χ2v) is 7.71. The van der Waals surface area contributed by atoms with E-state index >= 15 is 0 Å². The smallest absolute Gasteiger partial charge is 0.407 e. The number of hydrogen-bond donors (Lipinski definition) is 3. The van der Waals surface area contributed by atoms with E-state index < -0.39 is 18.0 Å². The van der Waals surface area contributed by atoms with E-state index in [-0.39, 0.29) is 37.6 Å². The third-order valence-corrected chi connectivity index (χ3v) is 5.67. The van der Waals surface area contributed by atoms with E-state index in [9.17, 15) is 14.4 Å². The Morgan fingerprint density at radius 3 is 2.30 bits per heavy atom. The van der Waals surface area contributed by atoms with Crippen LogP contribution >= 0.6 is 0 Å². The fraction of sp³-hybridized carbons (Fsp3) is 0.250. The van der Waals surface area contributed by atoms with Gasteiger partial charge in [0.15, 0.2) is 0 Å². The number of alkyl carbamates (subject to hydrolysis) is 1. The molecule has 9 nitrogen and oxygen atoms in total. The molecular formula is C24H24N4O5. The zero-order valence-corrected chi connectivity index (χ0v) is 18.1. The summed E-state index contributed by atoms with van der Waals surface area (Å²) in [4.78, 5) is 35.4. The Labute approximate surface area is 190 Å². The van der Waals surface area contributed by atoms with Crippen molar-refractivity contribution in [2.45, 2.75) is 18.9 Å². The van der Waals surface area contributed by atoms with Crippen molar-refractivity contribution in [1.82, 2.24) is 20.4 Å². The highest BCUT2D eigenvalue weighted by molar-refractivity contribution is 5.95. The Balaban J connectivity index is 1.36. The van der Waals surface area contributed by atoms with Gasteiger partial charge in [-0.05, 0) is 22.3 Å². The maximum Gasteiger partial charge on any atom is 0.407 e. The molecular weight excluding hydrogens is 424 g/mol. The van der Waals surface area contributed by atoms with Crippen molar-refractivity contribution in [1.29, 1.82) is 0 Å². The van der Waals surface area contributed by atoms with Gasteiger partial charge in [-0.15, -0.1) is 0 Å². The molecule has 1 aromatic heterocycles. The van der Waals surface area contributed by atoms with Crippen molar-refractivity contribution in [2.24, 2.45) is 7.05 Å².